The molecule has 0 saturated carbocycles. The SMILES string of the molecule is CCOC(C)CNCc1cc(Cl)c2c(c1)OCCCO2. The number of hydrogen-bond acceptors (Lipinski definition) is 4. The van der Waals surface area contributed by atoms with Gasteiger partial charge in [-0.3, -0.25) is 0 Å². The Kier molecular flexibility index (Phi) is 5.95. The minimum absolute atomic E-state index is 0.205. The molecule has 0 fully saturated rings. The number of benzene rings is 1. The van der Waals surface area contributed by atoms with Gasteiger partial charge < -0.3 is 19.5 Å². The van der Waals surface area contributed by atoms with Crippen LogP contribution in [0.5, 0.6) is 11.5 Å². The smallest absolute Gasteiger partial charge is 0.179 e. The number of ether oxygens (including phenoxy) is 3. The number of hydrogen-bond donors (Lipinski definition) is 1. The predicted molar refractivity (Wildman–Crippen MR) is 79.9 cm³/mol. The highest BCUT2D eigenvalue weighted by Gasteiger charge is 2.15. The van der Waals surface area contributed by atoms with E-state index >= 15 is 0 Å². The van der Waals surface area contributed by atoms with Crippen LogP contribution in [-0.4, -0.2) is 32.5 Å². The molecule has 1 aliphatic heterocycles. The third-order valence-electron chi connectivity index (χ3n) is 3.07. The zero-order valence-electron chi connectivity index (χ0n) is 12.1. The molecule has 4 nitrogen and oxygen atoms in total. The van der Waals surface area contributed by atoms with Crippen molar-refractivity contribution in [2.24, 2.45) is 0 Å². The molecule has 0 radical (unpaired) electrons. The van der Waals surface area contributed by atoms with Gasteiger partial charge in [-0.05, 0) is 31.5 Å². The number of nitrogens with one attached hydrogen (secondary N) is 1. The van der Waals surface area contributed by atoms with E-state index in [1.54, 1.807) is 0 Å². The second kappa shape index (κ2) is 7.72. The largest absolute Gasteiger partial charge is 0.489 e. The van der Waals surface area contributed by atoms with Gasteiger partial charge in [0, 0.05) is 26.1 Å². The van der Waals surface area contributed by atoms with Crippen LogP contribution in [0.4, 0.5) is 0 Å². The second-order valence-electron chi connectivity index (χ2n) is 4.85. The maximum absolute atomic E-state index is 6.25. The Bertz CT molecular complexity index is 439. The van der Waals surface area contributed by atoms with E-state index in [1.807, 2.05) is 19.1 Å². The number of rotatable bonds is 6. The standard InChI is InChI=1S/C15H22ClNO3/c1-3-18-11(2)9-17-10-12-7-13(16)15-14(8-12)19-5-4-6-20-15/h7-8,11,17H,3-6,9-10H2,1-2H3. The molecule has 2 rings (SSSR count). The first-order valence-corrected chi connectivity index (χ1v) is 7.48. The third kappa shape index (κ3) is 4.27. The summed E-state index contributed by atoms with van der Waals surface area (Å²) in [5.41, 5.74) is 1.09. The van der Waals surface area contributed by atoms with Crippen LogP contribution in [0, 0.1) is 0 Å². The van der Waals surface area contributed by atoms with Crippen molar-refractivity contribution in [1.82, 2.24) is 5.32 Å². The molecule has 0 amide bonds. The molecule has 0 saturated heterocycles. The van der Waals surface area contributed by atoms with Gasteiger partial charge in [-0.1, -0.05) is 11.6 Å². The van der Waals surface area contributed by atoms with Crippen LogP contribution in [0.2, 0.25) is 5.02 Å². The van der Waals surface area contributed by atoms with E-state index in [9.17, 15) is 0 Å². The Morgan fingerprint density at radius 2 is 2.15 bits per heavy atom. The fraction of sp³-hybridized carbons (Fsp3) is 0.600. The molecule has 1 atom stereocenters. The van der Waals surface area contributed by atoms with Crippen molar-refractivity contribution < 1.29 is 14.2 Å². The molecule has 0 spiro atoms. The first kappa shape index (κ1) is 15.4. The van der Waals surface area contributed by atoms with Crippen LogP contribution in [0.3, 0.4) is 0 Å². The van der Waals surface area contributed by atoms with E-state index in [4.69, 9.17) is 25.8 Å². The summed E-state index contributed by atoms with van der Waals surface area (Å²) in [6.45, 7) is 7.64. The molecule has 20 heavy (non-hydrogen) atoms. The van der Waals surface area contributed by atoms with Crippen LogP contribution in [0.25, 0.3) is 0 Å². The molecule has 1 aromatic rings. The van der Waals surface area contributed by atoms with Gasteiger partial charge in [-0.15, -0.1) is 0 Å². The van der Waals surface area contributed by atoms with Gasteiger partial charge in [0.1, 0.15) is 0 Å². The first-order valence-electron chi connectivity index (χ1n) is 7.11. The lowest BCUT2D eigenvalue weighted by atomic mass is 10.2. The lowest BCUT2D eigenvalue weighted by Gasteiger charge is -2.14. The highest BCUT2D eigenvalue weighted by Crippen LogP contribution is 2.37. The van der Waals surface area contributed by atoms with Gasteiger partial charge in [0.2, 0.25) is 0 Å². The van der Waals surface area contributed by atoms with Gasteiger partial charge in [0.05, 0.1) is 24.3 Å². The van der Waals surface area contributed by atoms with Crippen LogP contribution in [0.1, 0.15) is 25.8 Å². The topological polar surface area (TPSA) is 39.7 Å². The molecular weight excluding hydrogens is 278 g/mol. The van der Waals surface area contributed by atoms with Crippen molar-refractivity contribution in [1.29, 1.82) is 0 Å². The number of halogens is 1. The normalized spacial score (nSPS) is 15.8. The quantitative estimate of drug-likeness (QED) is 0.876. The molecule has 1 aliphatic rings. The Balaban J connectivity index is 1.95. The van der Waals surface area contributed by atoms with Crippen molar-refractivity contribution in [2.45, 2.75) is 32.9 Å². The summed E-state index contributed by atoms with van der Waals surface area (Å²) in [7, 11) is 0. The summed E-state index contributed by atoms with van der Waals surface area (Å²) in [5, 5.41) is 3.97. The molecule has 0 aromatic heterocycles. The minimum atomic E-state index is 0.205. The fourth-order valence-electron chi connectivity index (χ4n) is 2.15. The molecule has 5 heteroatoms. The summed E-state index contributed by atoms with van der Waals surface area (Å²) in [6.07, 6.45) is 1.08. The van der Waals surface area contributed by atoms with Crippen LogP contribution in [-0.2, 0) is 11.3 Å². The summed E-state index contributed by atoms with van der Waals surface area (Å²) in [5.74, 6) is 1.40. The summed E-state index contributed by atoms with van der Waals surface area (Å²) >= 11 is 6.25. The fourth-order valence-corrected chi connectivity index (χ4v) is 2.44. The lowest BCUT2D eigenvalue weighted by Crippen LogP contribution is -2.26. The molecule has 1 heterocycles. The van der Waals surface area contributed by atoms with Gasteiger partial charge in [0.25, 0.3) is 0 Å². The average Bonchev–Trinajstić information content (AvgIpc) is 2.64. The molecule has 1 unspecified atom stereocenters. The maximum atomic E-state index is 6.25. The van der Waals surface area contributed by atoms with E-state index in [2.05, 4.69) is 12.2 Å². The Labute approximate surface area is 125 Å². The highest BCUT2D eigenvalue weighted by atomic mass is 35.5. The van der Waals surface area contributed by atoms with E-state index in [0.29, 0.717) is 24.0 Å². The molecular formula is C15H22ClNO3. The van der Waals surface area contributed by atoms with Gasteiger partial charge in [-0.2, -0.15) is 0 Å². The van der Waals surface area contributed by atoms with Crippen molar-refractivity contribution in [3.8, 4) is 11.5 Å². The van der Waals surface area contributed by atoms with Gasteiger partial charge in [-0.25, -0.2) is 0 Å². The summed E-state index contributed by atoms with van der Waals surface area (Å²) in [6, 6.07) is 3.91. The van der Waals surface area contributed by atoms with E-state index in [1.165, 1.54) is 0 Å². The van der Waals surface area contributed by atoms with E-state index in [0.717, 1.165) is 37.4 Å². The van der Waals surface area contributed by atoms with Crippen molar-refractivity contribution in [3.05, 3.63) is 22.7 Å². The highest BCUT2D eigenvalue weighted by molar-refractivity contribution is 6.32. The molecule has 0 aliphatic carbocycles. The van der Waals surface area contributed by atoms with Gasteiger partial charge in [0.15, 0.2) is 11.5 Å². The number of fused-ring (bicyclic) bond motifs is 1. The van der Waals surface area contributed by atoms with E-state index in [-0.39, 0.29) is 6.10 Å². The predicted octanol–water partition coefficient (Wildman–Crippen LogP) is 3.02. The van der Waals surface area contributed by atoms with Crippen LogP contribution >= 0.6 is 11.6 Å². The second-order valence-corrected chi connectivity index (χ2v) is 5.26. The first-order chi connectivity index (χ1) is 9.70. The van der Waals surface area contributed by atoms with Crippen LogP contribution < -0.4 is 14.8 Å². The molecule has 0 bridgehead atoms. The van der Waals surface area contributed by atoms with Gasteiger partial charge >= 0.3 is 0 Å². The lowest BCUT2D eigenvalue weighted by molar-refractivity contribution is 0.0759. The van der Waals surface area contributed by atoms with Crippen molar-refractivity contribution in [3.63, 3.8) is 0 Å². The van der Waals surface area contributed by atoms with Crippen molar-refractivity contribution in [2.75, 3.05) is 26.4 Å². The summed E-state index contributed by atoms with van der Waals surface area (Å²) in [4.78, 5) is 0. The maximum Gasteiger partial charge on any atom is 0.179 e. The zero-order valence-corrected chi connectivity index (χ0v) is 12.8. The Hall–Kier alpha value is -0.970. The minimum Gasteiger partial charge on any atom is -0.489 e. The van der Waals surface area contributed by atoms with Crippen molar-refractivity contribution >= 4 is 11.6 Å². The summed E-state index contributed by atoms with van der Waals surface area (Å²) < 4.78 is 16.8. The van der Waals surface area contributed by atoms with E-state index < -0.39 is 0 Å². The molecule has 1 aromatic carbocycles. The monoisotopic (exact) mass is 299 g/mol. The third-order valence-corrected chi connectivity index (χ3v) is 3.35. The van der Waals surface area contributed by atoms with Crippen LogP contribution in [0.15, 0.2) is 12.1 Å². The Morgan fingerprint density at radius 3 is 2.95 bits per heavy atom. The Morgan fingerprint density at radius 1 is 1.35 bits per heavy atom. The zero-order chi connectivity index (χ0) is 14.4. The molecule has 1 N–H and O–H groups in total. The average molecular weight is 300 g/mol. The molecule has 112 valence electrons.